The van der Waals surface area contributed by atoms with Crippen molar-refractivity contribution in [1.82, 2.24) is 20.5 Å². The molecule has 0 spiro atoms. The molecule has 120 valence electrons. The first-order valence-electron chi connectivity index (χ1n) is 8.38. The monoisotopic (exact) mass is 294 g/mol. The molecule has 5 heteroatoms. The highest BCUT2D eigenvalue weighted by atomic mass is 16.1. The Bertz CT molecular complexity index is 364. The van der Waals surface area contributed by atoms with E-state index in [0.29, 0.717) is 12.2 Å². The summed E-state index contributed by atoms with van der Waals surface area (Å²) in [5.41, 5.74) is 0. The molecule has 1 atom stereocenters. The van der Waals surface area contributed by atoms with Crippen LogP contribution in [0.2, 0.25) is 0 Å². The maximum absolute atomic E-state index is 11.8. The van der Waals surface area contributed by atoms with Crippen molar-refractivity contribution in [2.75, 3.05) is 0 Å². The second kappa shape index (κ2) is 11.3. The zero-order chi connectivity index (χ0) is 15.3. The zero-order valence-electron chi connectivity index (χ0n) is 13.5. The van der Waals surface area contributed by atoms with Gasteiger partial charge in [0, 0.05) is 6.42 Å². The lowest BCUT2D eigenvalue weighted by atomic mass is 10.1. The zero-order valence-corrected chi connectivity index (χ0v) is 13.5. The van der Waals surface area contributed by atoms with Crippen LogP contribution in [0.1, 0.15) is 89.9 Å². The molecule has 1 aromatic heterocycles. The summed E-state index contributed by atoms with van der Waals surface area (Å²) in [6.07, 6.45) is 13.5. The van der Waals surface area contributed by atoms with Gasteiger partial charge in [-0.05, 0) is 13.3 Å². The molecular weight excluding hydrogens is 264 g/mol. The van der Waals surface area contributed by atoms with Crippen molar-refractivity contribution in [2.45, 2.75) is 84.1 Å². The van der Waals surface area contributed by atoms with Gasteiger partial charge in [0.25, 0.3) is 0 Å². The molecule has 0 bridgehead atoms. The summed E-state index contributed by atoms with van der Waals surface area (Å²) in [5, 5.41) is 9.49. The second-order valence-corrected chi connectivity index (χ2v) is 5.74. The Morgan fingerprint density at radius 1 is 1.14 bits per heavy atom. The van der Waals surface area contributed by atoms with E-state index in [-0.39, 0.29) is 11.9 Å². The smallest absolute Gasteiger partial charge is 0.220 e. The molecule has 21 heavy (non-hydrogen) atoms. The minimum absolute atomic E-state index is 0.0986. The fourth-order valence-electron chi connectivity index (χ4n) is 2.40. The standard InChI is InChI=1S/C16H30N4O/c1-3-4-5-6-7-8-9-10-11-12-15(21)19-14(2)16-17-13-18-20-16/h13-14H,3-12H2,1-2H3,(H,19,21)(H,17,18,20). The van der Waals surface area contributed by atoms with Crippen LogP contribution in [-0.2, 0) is 4.79 Å². The van der Waals surface area contributed by atoms with Crippen molar-refractivity contribution in [3.63, 3.8) is 0 Å². The van der Waals surface area contributed by atoms with Crippen LogP contribution < -0.4 is 5.32 Å². The van der Waals surface area contributed by atoms with Crippen LogP contribution in [-0.4, -0.2) is 21.1 Å². The summed E-state index contributed by atoms with van der Waals surface area (Å²) in [4.78, 5) is 15.8. The first kappa shape index (κ1) is 17.7. The van der Waals surface area contributed by atoms with Gasteiger partial charge in [0.05, 0.1) is 6.04 Å². The van der Waals surface area contributed by atoms with Gasteiger partial charge in [0.2, 0.25) is 5.91 Å². The number of carbonyl (C=O) groups excluding carboxylic acids is 1. The fourth-order valence-corrected chi connectivity index (χ4v) is 2.40. The Hall–Kier alpha value is -1.39. The van der Waals surface area contributed by atoms with Crippen molar-refractivity contribution in [2.24, 2.45) is 0 Å². The summed E-state index contributed by atoms with van der Waals surface area (Å²) >= 11 is 0. The number of unbranched alkanes of at least 4 members (excludes halogenated alkanes) is 8. The van der Waals surface area contributed by atoms with E-state index in [0.717, 1.165) is 12.8 Å². The van der Waals surface area contributed by atoms with Crippen molar-refractivity contribution in [3.8, 4) is 0 Å². The van der Waals surface area contributed by atoms with Crippen LogP contribution in [0.4, 0.5) is 0 Å². The van der Waals surface area contributed by atoms with Gasteiger partial charge in [-0.15, -0.1) is 0 Å². The van der Waals surface area contributed by atoms with E-state index < -0.39 is 0 Å². The molecule has 0 aromatic carbocycles. The molecule has 0 aliphatic carbocycles. The Kier molecular flexibility index (Phi) is 9.49. The third-order valence-electron chi connectivity index (χ3n) is 3.73. The van der Waals surface area contributed by atoms with Crippen LogP contribution in [0.5, 0.6) is 0 Å². The maximum atomic E-state index is 11.8. The molecule has 0 aliphatic heterocycles. The van der Waals surface area contributed by atoms with Gasteiger partial charge < -0.3 is 5.32 Å². The highest BCUT2D eigenvalue weighted by molar-refractivity contribution is 5.76. The molecule has 2 N–H and O–H groups in total. The van der Waals surface area contributed by atoms with Gasteiger partial charge in [-0.25, -0.2) is 4.98 Å². The number of hydrogen-bond acceptors (Lipinski definition) is 3. The number of rotatable bonds is 12. The molecule has 0 fully saturated rings. The molecule has 1 unspecified atom stereocenters. The summed E-state index contributed by atoms with van der Waals surface area (Å²) in [6, 6.07) is -0.0986. The molecule has 5 nitrogen and oxygen atoms in total. The number of aromatic nitrogens is 3. The van der Waals surface area contributed by atoms with Crippen LogP contribution in [0, 0.1) is 0 Å². The topological polar surface area (TPSA) is 70.7 Å². The lowest BCUT2D eigenvalue weighted by molar-refractivity contribution is -0.121. The number of nitrogens with one attached hydrogen (secondary N) is 2. The van der Waals surface area contributed by atoms with E-state index in [1.165, 1.54) is 51.3 Å². The third kappa shape index (κ3) is 8.48. The van der Waals surface area contributed by atoms with E-state index in [2.05, 4.69) is 27.4 Å². The second-order valence-electron chi connectivity index (χ2n) is 5.74. The van der Waals surface area contributed by atoms with Gasteiger partial charge in [-0.3, -0.25) is 9.89 Å². The fraction of sp³-hybridized carbons (Fsp3) is 0.812. The largest absolute Gasteiger partial charge is 0.346 e. The van der Waals surface area contributed by atoms with Crippen LogP contribution >= 0.6 is 0 Å². The third-order valence-corrected chi connectivity index (χ3v) is 3.73. The molecule has 0 aliphatic rings. The predicted molar refractivity (Wildman–Crippen MR) is 84.8 cm³/mol. The van der Waals surface area contributed by atoms with Gasteiger partial charge in [-0.2, -0.15) is 5.10 Å². The Morgan fingerprint density at radius 3 is 2.33 bits per heavy atom. The lowest BCUT2D eigenvalue weighted by Gasteiger charge is -2.10. The van der Waals surface area contributed by atoms with Crippen LogP contribution in [0.3, 0.4) is 0 Å². The van der Waals surface area contributed by atoms with Crippen molar-refractivity contribution in [3.05, 3.63) is 12.2 Å². The lowest BCUT2D eigenvalue weighted by Crippen LogP contribution is -2.27. The van der Waals surface area contributed by atoms with Gasteiger partial charge >= 0.3 is 0 Å². The molecular formula is C16H30N4O. The molecule has 1 amide bonds. The number of hydrogen-bond donors (Lipinski definition) is 2. The van der Waals surface area contributed by atoms with Crippen molar-refractivity contribution >= 4 is 5.91 Å². The molecule has 1 aromatic rings. The minimum atomic E-state index is -0.0986. The average Bonchev–Trinajstić information content (AvgIpc) is 3.00. The van der Waals surface area contributed by atoms with Crippen LogP contribution in [0.15, 0.2) is 6.33 Å². The first-order chi connectivity index (χ1) is 10.2. The molecule has 0 saturated heterocycles. The number of H-pyrrole nitrogens is 1. The van der Waals surface area contributed by atoms with E-state index in [4.69, 9.17) is 0 Å². The average molecular weight is 294 g/mol. The van der Waals surface area contributed by atoms with Gasteiger partial charge in [-0.1, -0.05) is 58.3 Å². The Balaban J connectivity index is 1.94. The Morgan fingerprint density at radius 2 is 1.76 bits per heavy atom. The van der Waals surface area contributed by atoms with Gasteiger partial charge in [0.1, 0.15) is 12.2 Å². The molecule has 0 saturated carbocycles. The Labute approximate surface area is 128 Å². The number of nitrogens with zero attached hydrogens (tertiary/aromatic N) is 2. The summed E-state index contributed by atoms with van der Waals surface area (Å²) in [7, 11) is 0. The highest BCUT2D eigenvalue weighted by Crippen LogP contribution is 2.11. The quantitative estimate of drug-likeness (QED) is 0.574. The van der Waals surface area contributed by atoms with Gasteiger partial charge in [0.15, 0.2) is 0 Å². The summed E-state index contributed by atoms with van der Waals surface area (Å²) in [5.74, 6) is 0.803. The van der Waals surface area contributed by atoms with Crippen molar-refractivity contribution < 1.29 is 4.79 Å². The maximum Gasteiger partial charge on any atom is 0.220 e. The van der Waals surface area contributed by atoms with E-state index in [1.54, 1.807) is 0 Å². The van der Waals surface area contributed by atoms with Crippen LogP contribution in [0.25, 0.3) is 0 Å². The minimum Gasteiger partial charge on any atom is -0.346 e. The molecule has 1 rings (SSSR count). The number of carbonyl (C=O) groups is 1. The highest BCUT2D eigenvalue weighted by Gasteiger charge is 2.11. The summed E-state index contributed by atoms with van der Waals surface area (Å²) in [6.45, 7) is 4.16. The van der Waals surface area contributed by atoms with E-state index in [1.807, 2.05) is 6.92 Å². The first-order valence-corrected chi connectivity index (χ1v) is 8.38. The van der Waals surface area contributed by atoms with E-state index in [9.17, 15) is 4.79 Å². The SMILES string of the molecule is CCCCCCCCCCCC(=O)NC(C)c1ncn[nH]1. The van der Waals surface area contributed by atoms with E-state index >= 15 is 0 Å². The predicted octanol–water partition coefficient (Wildman–Crippen LogP) is 3.90. The summed E-state index contributed by atoms with van der Waals surface area (Å²) < 4.78 is 0. The number of aromatic amines is 1. The normalized spacial score (nSPS) is 12.3. The molecule has 1 heterocycles. The number of amides is 1. The molecule has 0 radical (unpaired) electrons. The van der Waals surface area contributed by atoms with Crippen molar-refractivity contribution in [1.29, 1.82) is 0 Å².